The molecule has 2 aliphatic carbocycles. The zero-order valence-corrected chi connectivity index (χ0v) is 17.6. The minimum atomic E-state index is -1.44. The van der Waals surface area contributed by atoms with Crippen molar-refractivity contribution in [3.8, 4) is 0 Å². The van der Waals surface area contributed by atoms with Crippen LogP contribution in [0.1, 0.15) is 57.4 Å². The van der Waals surface area contributed by atoms with Crippen molar-refractivity contribution in [1.29, 1.82) is 0 Å². The maximum absolute atomic E-state index is 15.4. The Bertz CT molecular complexity index is 905. The summed E-state index contributed by atoms with van der Waals surface area (Å²) in [4.78, 5) is 16.6. The molecular weight excluding hydrogens is 394 g/mol. The van der Waals surface area contributed by atoms with E-state index in [1.807, 2.05) is 19.9 Å². The van der Waals surface area contributed by atoms with Crippen LogP contribution in [-0.4, -0.2) is 28.0 Å². The number of nitrogens with one attached hydrogen (secondary N) is 1. The van der Waals surface area contributed by atoms with Crippen LogP contribution >= 0.6 is 11.6 Å². The summed E-state index contributed by atoms with van der Waals surface area (Å²) in [5, 5.41) is 3.46. The molecule has 0 saturated heterocycles. The van der Waals surface area contributed by atoms with Crippen LogP contribution < -0.4 is 5.32 Å². The molecule has 1 N–H and O–H groups in total. The molecule has 1 aromatic carbocycles. The molecule has 2 aliphatic rings. The lowest BCUT2D eigenvalue weighted by Crippen LogP contribution is -2.40. The monoisotopic (exact) mass is 420 g/mol. The van der Waals surface area contributed by atoms with E-state index in [1.54, 1.807) is 18.3 Å². The first-order chi connectivity index (χ1) is 13.7. The highest BCUT2D eigenvalue weighted by Gasteiger charge is 2.51. The highest BCUT2D eigenvalue weighted by molar-refractivity contribution is 6.20. The molecule has 1 amide bonds. The van der Waals surface area contributed by atoms with Crippen molar-refractivity contribution < 1.29 is 13.6 Å². The van der Waals surface area contributed by atoms with Crippen LogP contribution in [0.3, 0.4) is 0 Å². The fourth-order valence-corrected chi connectivity index (χ4v) is 5.40. The average Bonchev–Trinajstić information content (AvgIpc) is 3.15. The summed E-state index contributed by atoms with van der Waals surface area (Å²) in [6, 6.07) is 6.47. The Hall–Kier alpha value is -1.75. The molecule has 0 radical (unpaired) electrons. The first kappa shape index (κ1) is 20.5. The molecule has 2 unspecified atom stereocenters. The first-order valence-electron chi connectivity index (χ1n) is 10.4. The molecule has 6 atom stereocenters. The Kier molecular flexibility index (Phi) is 5.54. The van der Waals surface area contributed by atoms with Crippen molar-refractivity contribution >= 4 is 28.4 Å². The van der Waals surface area contributed by atoms with E-state index in [0.29, 0.717) is 12.8 Å². The number of benzene rings is 1. The number of hydrogen-bond acceptors (Lipinski definition) is 2. The Morgan fingerprint density at radius 2 is 1.97 bits per heavy atom. The van der Waals surface area contributed by atoms with Crippen molar-refractivity contribution in [3.63, 3.8) is 0 Å². The molecule has 6 heteroatoms. The number of fused-ring (bicyclic) bond motifs is 2. The zero-order valence-electron chi connectivity index (χ0n) is 16.8. The number of pyridine rings is 1. The van der Waals surface area contributed by atoms with Gasteiger partial charge in [0, 0.05) is 17.6 Å². The average molecular weight is 421 g/mol. The van der Waals surface area contributed by atoms with Crippen LogP contribution in [0.15, 0.2) is 30.5 Å². The van der Waals surface area contributed by atoms with E-state index >= 15 is 4.39 Å². The number of rotatable bonds is 5. The summed E-state index contributed by atoms with van der Waals surface area (Å²) in [6.45, 7) is 3.64. The van der Waals surface area contributed by atoms with Crippen molar-refractivity contribution in [1.82, 2.24) is 10.3 Å². The fourth-order valence-electron chi connectivity index (χ4n) is 5.34. The molecular formula is C23H27ClF2N2O. The van der Waals surface area contributed by atoms with Gasteiger partial charge in [0.25, 0.3) is 0 Å². The second kappa shape index (κ2) is 7.82. The van der Waals surface area contributed by atoms with Crippen molar-refractivity contribution in [2.45, 2.75) is 69.0 Å². The number of carbonyl (C=O) groups is 1. The van der Waals surface area contributed by atoms with Crippen molar-refractivity contribution in [2.24, 2.45) is 11.8 Å². The van der Waals surface area contributed by atoms with Gasteiger partial charge >= 0.3 is 0 Å². The number of alkyl halides is 2. The lowest BCUT2D eigenvalue weighted by atomic mass is 9.88. The molecule has 2 saturated carbocycles. The molecule has 2 fully saturated rings. The largest absolute Gasteiger partial charge is 0.352 e. The van der Waals surface area contributed by atoms with Crippen LogP contribution in [-0.2, 0) is 4.79 Å². The van der Waals surface area contributed by atoms with Crippen LogP contribution in [0.25, 0.3) is 10.9 Å². The van der Waals surface area contributed by atoms with Crippen LogP contribution in [0.5, 0.6) is 0 Å². The third-order valence-electron chi connectivity index (χ3n) is 6.83. The summed E-state index contributed by atoms with van der Waals surface area (Å²) in [5.41, 5.74) is 0.461. The van der Waals surface area contributed by atoms with Crippen molar-refractivity contribution in [3.05, 3.63) is 41.8 Å². The Balaban J connectivity index is 1.43. The third-order valence-corrected chi connectivity index (χ3v) is 7.21. The Morgan fingerprint density at radius 1 is 1.28 bits per heavy atom. The SMILES string of the molecule is CC(NC(=O)C[C@]1(F)CC2C[C@H](c3ccnc4ccc(F)cc34)C[C@@H]2C1)[C@H](C)Cl. The van der Waals surface area contributed by atoms with E-state index in [1.165, 1.54) is 6.07 Å². The second-order valence-electron chi connectivity index (χ2n) is 9.02. The molecule has 4 rings (SSSR count). The van der Waals surface area contributed by atoms with E-state index in [2.05, 4.69) is 10.3 Å². The predicted molar refractivity (Wildman–Crippen MR) is 111 cm³/mol. The maximum Gasteiger partial charge on any atom is 0.223 e. The number of carbonyl (C=O) groups excluding carboxylic acids is 1. The van der Waals surface area contributed by atoms with Gasteiger partial charge in [-0.3, -0.25) is 9.78 Å². The quantitative estimate of drug-likeness (QED) is 0.648. The van der Waals surface area contributed by atoms with Gasteiger partial charge in [0.2, 0.25) is 5.91 Å². The van der Waals surface area contributed by atoms with Crippen LogP contribution in [0.2, 0.25) is 0 Å². The number of nitrogens with zero attached hydrogens (tertiary/aromatic N) is 1. The van der Waals surface area contributed by atoms with Gasteiger partial charge in [-0.15, -0.1) is 11.6 Å². The molecule has 29 heavy (non-hydrogen) atoms. The van der Waals surface area contributed by atoms with Gasteiger partial charge in [0.05, 0.1) is 17.3 Å². The van der Waals surface area contributed by atoms with E-state index in [-0.39, 0.29) is 47.3 Å². The smallest absolute Gasteiger partial charge is 0.223 e. The number of amides is 1. The standard InChI is InChI=1S/C23H27ClF2N2O/c1-13(24)14(2)28-22(29)12-23(26)10-16-7-15(8-17(16)11-23)19-5-6-27-21-4-3-18(25)9-20(19)21/h3-6,9,13-17H,7-8,10-12H2,1-2H3,(H,28,29)/t13-,14?,15-,16?,17+,23-/m0/s1. The summed E-state index contributed by atoms with van der Waals surface area (Å²) in [5.74, 6) is 0.282. The normalized spacial score (nSPS) is 30.9. The van der Waals surface area contributed by atoms with Gasteiger partial charge in [-0.1, -0.05) is 0 Å². The summed E-state index contributed by atoms with van der Waals surface area (Å²) in [6.07, 6.45) is 4.27. The Labute approximate surface area is 175 Å². The number of aromatic nitrogens is 1. The molecule has 156 valence electrons. The van der Waals surface area contributed by atoms with Crippen LogP contribution in [0, 0.1) is 17.7 Å². The minimum Gasteiger partial charge on any atom is -0.352 e. The van der Waals surface area contributed by atoms with Gasteiger partial charge in [0.15, 0.2) is 0 Å². The molecule has 1 heterocycles. The molecule has 0 aliphatic heterocycles. The Morgan fingerprint density at radius 3 is 2.62 bits per heavy atom. The maximum atomic E-state index is 15.4. The summed E-state index contributed by atoms with van der Waals surface area (Å²) >= 11 is 5.99. The summed E-state index contributed by atoms with van der Waals surface area (Å²) in [7, 11) is 0. The van der Waals surface area contributed by atoms with Gasteiger partial charge in [-0.2, -0.15) is 0 Å². The van der Waals surface area contributed by atoms with E-state index < -0.39 is 5.67 Å². The van der Waals surface area contributed by atoms with Crippen molar-refractivity contribution in [2.75, 3.05) is 0 Å². The molecule has 1 aromatic heterocycles. The molecule has 0 spiro atoms. The van der Waals surface area contributed by atoms with Gasteiger partial charge < -0.3 is 5.32 Å². The van der Waals surface area contributed by atoms with Gasteiger partial charge in [-0.05, 0) is 87.1 Å². The second-order valence-corrected chi connectivity index (χ2v) is 9.71. The minimum absolute atomic E-state index is 0.0952. The number of hydrogen-bond donors (Lipinski definition) is 1. The topological polar surface area (TPSA) is 42.0 Å². The van der Waals surface area contributed by atoms with Gasteiger partial charge in [0.1, 0.15) is 11.5 Å². The predicted octanol–water partition coefficient (Wildman–Crippen LogP) is 5.51. The number of halogens is 3. The third kappa shape index (κ3) is 4.25. The van der Waals surface area contributed by atoms with E-state index in [0.717, 1.165) is 29.3 Å². The van der Waals surface area contributed by atoms with Gasteiger partial charge in [-0.25, -0.2) is 8.78 Å². The fraction of sp³-hybridized carbons (Fsp3) is 0.565. The van der Waals surface area contributed by atoms with Crippen LogP contribution in [0.4, 0.5) is 8.78 Å². The zero-order chi connectivity index (χ0) is 20.8. The van der Waals surface area contributed by atoms with E-state index in [9.17, 15) is 9.18 Å². The first-order valence-corrected chi connectivity index (χ1v) is 10.8. The highest BCUT2D eigenvalue weighted by Crippen LogP contribution is 2.56. The van der Waals surface area contributed by atoms with E-state index in [4.69, 9.17) is 11.6 Å². The molecule has 2 aromatic rings. The summed E-state index contributed by atoms with van der Waals surface area (Å²) < 4.78 is 29.2. The lowest BCUT2D eigenvalue weighted by Gasteiger charge is -2.24. The molecule has 0 bridgehead atoms. The lowest BCUT2D eigenvalue weighted by molar-refractivity contribution is -0.124. The highest BCUT2D eigenvalue weighted by atomic mass is 35.5. The molecule has 3 nitrogen and oxygen atoms in total.